The van der Waals surface area contributed by atoms with E-state index in [-0.39, 0.29) is 0 Å². The molecule has 1 aliphatic rings. The molecular weight excluding hydrogens is 258 g/mol. The summed E-state index contributed by atoms with van der Waals surface area (Å²) in [7, 11) is 0. The number of hydrogen-bond donors (Lipinski definition) is 1. The van der Waals surface area contributed by atoms with Crippen LogP contribution in [0.25, 0.3) is 0 Å². The molecule has 1 unspecified atom stereocenters. The minimum atomic E-state index is 0.820. The zero-order valence-electron chi connectivity index (χ0n) is 13.4. The molecule has 1 fully saturated rings. The second kappa shape index (κ2) is 8.05. The number of benzene rings is 1. The fourth-order valence-corrected chi connectivity index (χ4v) is 3.14. The molecule has 3 nitrogen and oxygen atoms in total. The molecule has 1 aromatic rings. The van der Waals surface area contributed by atoms with Crippen LogP contribution in [0, 0.1) is 17.2 Å². The Morgan fingerprint density at radius 1 is 1.29 bits per heavy atom. The highest BCUT2D eigenvalue weighted by atomic mass is 15.1. The quantitative estimate of drug-likeness (QED) is 0.897. The lowest BCUT2D eigenvalue weighted by Gasteiger charge is -2.24. The lowest BCUT2D eigenvalue weighted by atomic mass is 9.98. The summed E-state index contributed by atoms with van der Waals surface area (Å²) in [6, 6.07) is 8.72. The van der Waals surface area contributed by atoms with Crippen molar-refractivity contribution in [1.82, 2.24) is 5.32 Å². The van der Waals surface area contributed by atoms with Gasteiger partial charge in [0.2, 0.25) is 0 Å². The number of nitrogens with one attached hydrogen (secondary N) is 1. The maximum absolute atomic E-state index is 9.47. The Labute approximate surface area is 129 Å². The van der Waals surface area contributed by atoms with Gasteiger partial charge in [-0.2, -0.15) is 5.26 Å². The van der Waals surface area contributed by atoms with Crippen LogP contribution >= 0.6 is 0 Å². The highest BCUT2D eigenvalue weighted by Crippen LogP contribution is 2.27. The highest BCUT2D eigenvalue weighted by Gasteiger charge is 2.18. The number of rotatable bonds is 5. The molecule has 1 N–H and O–H groups in total. The predicted molar refractivity (Wildman–Crippen MR) is 88.4 cm³/mol. The van der Waals surface area contributed by atoms with Crippen molar-refractivity contribution < 1.29 is 0 Å². The van der Waals surface area contributed by atoms with Crippen molar-refractivity contribution in [3.05, 3.63) is 29.3 Å². The van der Waals surface area contributed by atoms with Gasteiger partial charge < -0.3 is 10.2 Å². The summed E-state index contributed by atoms with van der Waals surface area (Å²) in [4.78, 5) is 2.41. The summed E-state index contributed by atoms with van der Waals surface area (Å²) in [6.45, 7) is 8.34. The van der Waals surface area contributed by atoms with E-state index in [2.05, 4.69) is 42.3 Å². The molecule has 0 aliphatic carbocycles. The van der Waals surface area contributed by atoms with Crippen LogP contribution in [0.2, 0.25) is 0 Å². The van der Waals surface area contributed by atoms with Gasteiger partial charge in [-0.15, -0.1) is 0 Å². The van der Waals surface area contributed by atoms with Crippen molar-refractivity contribution in [2.24, 2.45) is 5.92 Å². The lowest BCUT2D eigenvalue weighted by molar-refractivity contribution is 0.459. The lowest BCUT2D eigenvalue weighted by Crippen LogP contribution is -2.25. The molecule has 0 aromatic heterocycles. The van der Waals surface area contributed by atoms with Crippen molar-refractivity contribution in [1.29, 1.82) is 5.26 Å². The number of nitrogens with zero attached hydrogens (tertiary/aromatic N) is 2. The molecule has 0 bridgehead atoms. The topological polar surface area (TPSA) is 39.1 Å². The Morgan fingerprint density at radius 3 is 2.86 bits per heavy atom. The Morgan fingerprint density at radius 2 is 2.14 bits per heavy atom. The van der Waals surface area contributed by atoms with Gasteiger partial charge in [-0.05, 0) is 49.4 Å². The summed E-state index contributed by atoms with van der Waals surface area (Å²) in [5, 5.41) is 12.8. The maximum atomic E-state index is 9.47. The number of anilines is 1. The SMILES string of the molecule is CCNCc1ccc(N2CCCC(CC)CC2)c(C#N)c1. The Bertz CT molecular complexity index is 490. The van der Waals surface area contributed by atoms with Gasteiger partial charge in [0, 0.05) is 19.6 Å². The smallest absolute Gasteiger partial charge is 0.101 e. The standard InChI is InChI=1S/C18H27N3/c1-3-15-6-5-10-21(11-9-15)18-8-7-16(14-20-4-2)12-17(18)13-19/h7-8,12,15,20H,3-6,9-11,14H2,1-2H3. The maximum Gasteiger partial charge on any atom is 0.101 e. The largest absolute Gasteiger partial charge is 0.370 e. The van der Waals surface area contributed by atoms with E-state index in [1.807, 2.05) is 6.07 Å². The van der Waals surface area contributed by atoms with Crippen LogP contribution in [0.5, 0.6) is 0 Å². The fourth-order valence-electron chi connectivity index (χ4n) is 3.14. The van der Waals surface area contributed by atoms with Crippen LogP contribution in [0.3, 0.4) is 0 Å². The fraction of sp³-hybridized carbons (Fsp3) is 0.611. The van der Waals surface area contributed by atoms with Gasteiger partial charge >= 0.3 is 0 Å². The van der Waals surface area contributed by atoms with Gasteiger partial charge in [-0.1, -0.05) is 26.3 Å². The van der Waals surface area contributed by atoms with E-state index in [0.717, 1.165) is 43.3 Å². The molecule has 0 spiro atoms. The summed E-state index contributed by atoms with van der Waals surface area (Å²) >= 11 is 0. The van der Waals surface area contributed by atoms with E-state index in [0.29, 0.717) is 0 Å². The molecule has 1 aliphatic heterocycles. The van der Waals surface area contributed by atoms with Gasteiger partial charge in [-0.25, -0.2) is 0 Å². The third kappa shape index (κ3) is 4.22. The Hall–Kier alpha value is -1.53. The van der Waals surface area contributed by atoms with E-state index in [1.54, 1.807) is 0 Å². The van der Waals surface area contributed by atoms with Crippen LogP contribution in [0.15, 0.2) is 18.2 Å². The first-order valence-corrected chi connectivity index (χ1v) is 8.27. The second-order valence-corrected chi connectivity index (χ2v) is 5.94. The van der Waals surface area contributed by atoms with E-state index in [9.17, 15) is 5.26 Å². The minimum absolute atomic E-state index is 0.820. The summed E-state index contributed by atoms with van der Waals surface area (Å²) in [6.07, 6.45) is 5.09. The predicted octanol–water partition coefficient (Wildman–Crippen LogP) is 3.68. The van der Waals surface area contributed by atoms with E-state index < -0.39 is 0 Å². The summed E-state index contributed by atoms with van der Waals surface area (Å²) in [5.74, 6) is 0.855. The molecular formula is C18H27N3. The number of hydrogen-bond acceptors (Lipinski definition) is 3. The first-order valence-electron chi connectivity index (χ1n) is 8.27. The first-order chi connectivity index (χ1) is 10.3. The van der Waals surface area contributed by atoms with E-state index in [4.69, 9.17) is 0 Å². The third-order valence-corrected chi connectivity index (χ3v) is 4.53. The zero-order chi connectivity index (χ0) is 15.1. The molecule has 0 saturated carbocycles. The molecule has 3 heteroatoms. The van der Waals surface area contributed by atoms with Gasteiger partial charge in [0.15, 0.2) is 0 Å². The van der Waals surface area contributed by atoms with E-state index >= 15 is 0 Å². The van der Waals surface area contributed by atoms with Gasteiger partial charge in [0.05, 0.1) is 11.3 Å². The average Bonchev–Trinajstić information content (AvgIpc) is 2.78. The molecule has 1 atom stereocenters. The number of nitriles is 1. The normalized spacial score (nSPS) is 19.1. The molecule has 21 heavy (non-hydrogen) atoms. The minimum Gasteiger partial charge on any atom is -0.370 e. The molecule has 2 rings (SSSR count). The Kier molecular flexibility index (Phi) is 6.07. The first kappa shape index (κ1) is 15.9. The molecule has 1 aromatic carbocycles. The van der Waals surface area contributed by atoms with Crippen molar-refractivity contribution in [3.8, 4) is 6.07 Å². The molecule has 0 radical (unpaired) electrons. The van der Waals surface area contributed by atoms with Crippen LogP contribution in [-0.2, 0) is 6.54 Å². The molecule has 114 valence electrons. The van der Waals surface area contributed by atoms with E-state index in [1.165, 1.54) is 31.2 Å². The van der Waals surface area contributed by atoms with Crippen molar-refractivity contribution in [2.75, 3.05) is 24.5 Å². The van der Waals surface area contributed by atoms with Gasteiger partial charge in [-0.3, -0.25) is 0 Å². The van der Waals surface area contributed by atoms with Gasteiger partial charge in [0.1, 0.15) is 6.07 Å². The monoisotopic (exact) mass is 285 g/mol. The van der Waals surface area contributed by atoms with Crippen LogP contribution in [-0.4, -0.2) is 19.6 Å². The highest BCUT2D eigenvalue weighted by molar-refractivity contribution is 5.60. The summed E-state index contributed by atoms with van der Waals surface area (Å²) < 4.78 is 0. The molecule has 1 heterocycles. The molecule has 0 amide bonds. The molecule has 1 saturated heterocycles. The van der Waals surface area contributed by atoms with Crippen molar-refractivity contribution in [2.45, 2.75) is 46.1 Å². The Balaban J connectivity index is 2.13. The van der Waals surface area contributed by atoms with Crippen molar-refractivity contribution in [3.63, 3.8) is 0 Å². The van der Waals surface area contributed by atoms with Crippen LogP contribution < -0.4 is 10.2 Å². The van der Waals surface area contributed by atoms with Crippen LogP contribution in [0.4, 0.5) is 5.69 Å². The zero-order valence-corrected chi connectivity index (χ0v) is 13.4. The average molecular weight is 285 g/mol. The van der Waals surface area contributed by atoms with Gasteiger partial charge in [0.25, 0.3) is 0 Å². The summed E-state index contributed by atoms with van der Waals surface area (Å²) in [5.41, 5.74) is 3.13. The second-order valence-electron chi connectivity index (χ2n) is 5.94. The van der Waals surface area contributed by atoms with Crippen molar-refractivity contribution >= 4 is 5.69 Å². The third-order valence-electron chi connectivity index (χ3n) is 4.53. The van der Waals surface area contributed by atoms with Crippen LogP contribution in [0.1, 0.15) is 50.7 Å².